The van der Waals surface area contributed by atoms with Crippen LogP contribution in [0, 0.1) is 0 Å². The van der Waals surface area contributed by atoms with E-state index >= 15 is 0 Å². The highest BCUT2D eigenvalue weighted by Crippen LogP contribution is 2.55. The molecule has 0 saturated carbocycles. The predicted octanol–water partition coefficient (Wildman–Crippen LogP) is 7.65. The normalized spacial score (nSPS) is 13.4. The molecule has 140 valence electrons. The van der Waals surface area contributed by atoms with E-state index in [1.165, 1.54) is 41.7 Å². The Balaban J connectivity index is 1.85. The number of hydrogen-bond acceptors (Lipinski definition) is 4. The van der Waals surface area contributed by atoms with Crippen molar-refractivity contribution >= 4 is 45.3 Å². The number of hydrogen-bond donors (Lipinski definition) is 0. The molecule has 0 spiro atoms. The van der Waals surface area contributed by atoms with E-state index in [4.69, 9.17) is 9.97 Å². The molecule has 0 saturated heterocycles. The lowest BCUT2D eigenvalue weighted by atomic mass is 10.1. The van der Waals surface area contributed by atoms with Gasteiger partial charge >= 0.3 is 0 Å². The number of rotatable bonds is 2. The fourth-order valence-electron chi connectivity index (χ4n) is 3.75. The molecule has 2 nitrogen and oxygen atoms in total. The van der Waals surface area contributed by atoms with Gasteiger partial charge in [-0.2, -0.15) is 0 Å². The lowest BCUT2D eigenvalue weighted by Gasteiger charge is -2.26. The van der Waals surface area contributed by atoms with Crippen LogP contribution < -0.4 is 0 Å². The highest BCUT2D eigenvalue weighted by atomic mass is 32.2. The summed E-state index contributed by atoms with van der Waals surface area (Å²) < 4.78 is 0. The van der Waals surface area contributed by atoms with Crippen molar-refractivity contribution in [2.24, 2.45) is 0 Å². The van der Waals surface area contributed by atoms with Crippen molar-refractivity contribution in [1.82, 2.24) is 9.97 Å². The summed E-state index contributed by atoms with van der Waals surface area (Å²) in [5.74, 6) is 0.761. The molecule has 0 N–H and O–H groups in total. The van der Waals surface area contributed by atoms with Crippen LogP contribution in [-0.4, -0.2) is 9.97 Å². The Morgan fingerprint density at radius 2 is 0.964 bits per heavy atom. The van der Waals surface area contributed by atoms with E-state index in [1.807, 2.05) is 23.5 Å². The number of benzene rings is 2. The highest BCUT2D eigenvalue weighted by molar-refractivity contribution is 8.05. The number of pyridine rings is 2. The highest BCUT2D eigenvalue weighted by Gasteiger charge is 2.29. The molecule has 0 aliphatic carbocycles. The van der Waals surface area contributed by atoms with Gasteiger partial charge < -0.3 is 0 Å². The largest absolute Gasteiger partial charge is 0.251 e. The molecule has 0 atom stereocenters. The Morgan fingerprint density at radius 1 is 0.571 bits per heavy atom. The van der Waals surface area contributed by atoms with Gasteiger partial charge in [0, 0.05) is 30.4 Å². The van der Waals surface area contributed by atoms with E-state index in [0.29, 0.717) is 11.8 Å². The molecule has 5 rings (SSSR count). The van der Waals surface area contributed by atoms with Gasteiger partial charge in [0.05, 0.1) is 22.4 Å². The summed E-state index contributed by atoms with van der Waals surface area (Å²) >= 11 is 3.78. The first kappa shape index (κ1) is 18.0. The molecule has 0 radical (unpaired) electrons. The van der Waals surface area contributed by atoms with Crippen LogP contribution in [0.5, 0.6) is 0 Å². The van der Waals surface area contributed by atoms with Crippen molar-refractivity contribution in [2.45, 2.75) is 59.1 Å². The Hall–Kier alpha value is -2.04. The summed E-state index contributed by atoms with van der Waals surface area (Å²) in [5.41, 5.74) is 4.57. The summed E-state index contributed by atoms with van der Waals surface area (Å²) in [6, 6.07) is 17.0. The number of nitrogens with zero attached hydrogens (tertiary/aromatic N) is 2. The molecule has 1 aliphatic heterocycles. The van der Waals surface area contributed by atoms with Gasteiger partial charge in [0.25, 0.3) is 0 Å². The zero-order valence-electron chi connectivity index (χ0n) is 16.5. The Bertz CT molecular complexity index is 1130. The Labute approximate surface area is 174 Å². The second-order valence-electron chi connectivity index (χ2n) is 7.86. The number of para-hydroxylation sites is 2. The molecule has 3 heterocycles. The molecule has 4 heteroatoms. The van der Waals surface area contributed by atoms with Crippen molar-refractivity contribution in [3.63, 3.8) is 0 Å². The summed E-state index contributed by atoms with van der Waals surface area (Å²) in [5, 5.41) is 2.49. The van der Waals surface area contributed by atoms with Crippen molar-refractivity contribution in [1.29, 1.82) is 0 Å². The van der Waals surface area contributed by atoms with Gasteiger partial charge in [-0.1, -0.05) is 87.6 Å². The average molecular weight is 403 g/mol. The van der Waals surface area contributed by atoms with E-state index in [1.54, 1.807) is 0 Å². The third-order valence-corrected chi connectivity index (χ3v) is 7.91. The fourth-order valence-corrected chi connectivity index (χ4v) is 6.80. The molecular formula is C24H22N2S2. The summed E-state index contributed by atoms with van der Waals surface area (Å²) in [4.78, 5) is 15.4. The van der Waals surface area contributed by atoms with Crippen LogP contribution in [0.3, 0.4) is 0 Å². The van der Waals surface area contributed by atoms with Gasteiger partial charge in [-0.25, -0.2) is 0 Å². The predicted molar refractivity (Wildman–Crippen MR) is 120 cm³/mol. The van der Waals surface area contributed by atoms with Gasteiger partial charge in [0.2, 0.25) is 0 Å². The zero-order valence-corrected chi connectivity index (χ0v) is 18.1. The van der Waals surface area contributed by atoms with E-state index in [-0.39, 0.29) is 0 Å². The number of fused-ring (bicyclic) bond motifs is 6. The third-order valence-electron chi connectivity index (χ3n) is 5.16. The van der Waals surface area contributed by atoms with Crippen LogP contribution in [0.4, 0.5) is 0 Å². The van der Waals surface area contributed by atoms with E-state index in [0.717, 1.165) is 11.0 Å². The first-order valence-corrected chi connectivity index (χ1v) is 11.4. The van der Waals surface area contributed by atoms with E-state index in [9.17, 15) is 0 Å². The molecule has 0 amide bonds. The van der Waals surface area contributed by atoms with Crippen molar-refractivity contribution < 1.29 is 0 Å². The van der Waals surface area contributed by atoms with Crippen molar-refractivity contribution in [3.05, 3.63) is 59.9 Å². The third kappa shape index (κ3) is 2.73. The summed E-state index contributed by atoms with van der Waals surface area (Å²) in [7, 11) is 0. The fraction of sp³-hybridized carbons (Fsp3) is 0.250. The van der Waals surface area contributed by atoms with E-state index in [2.05, 4.69) is 76.2 Å². The summed E-state index contributed by atoms with van der Waals surface area (Å²) in [6.07, 6.45) is 0. The molecule has 0 bridgehead atoms. The van der Waals surface area contributed by atoms with E-state index < -0.39 is 0 Å². The van der Waals surface area contributed by atoms with Crippen LogP contribution in [0.15, 0.2) is 68.1 Å². The van der Waals surface area contributed by atoms with Gasteiger partial charge in [0.15, 0.2) is 0 Å². The monoisotopic (exact) mass is 402 g/mol. The lowest BCUT2D eigenvalue weighted by Crippen LogP contribution is -2.06. The standard InChI is InChI=1S/C24H22N2S2/c1-13(2)19-23-21(15-9-5-7-11-17(15)25-19)28-24-20(14(3)4)26-18-12-8-6-10-16(18)22(24)27-23/h5-14H,1-4H3. The molecule has 4 aromatic rings. The molecular weight excluding hydrogens is 380 g/mol. The van der Waals surface area contributed by atoms with Gasteiger partial charge in [-0.05, 0) is 24.0 Å². The molecule has 1 aliphatic rings. The molecule has 2 aromatic heterocycles. The zero-order chi connectivity index (χ0) is 19.4. The SMILES string of the molecule is CC(C)c1nc2ccccc2c2c1Sc1c(c(C(C)C)nc3ccccc13)S2. The molecule has 0 fully saturated rings. The minimum Gasteiger partial charge on any atom is -0.251 e. The first-order chi connectivity index (χ1) is 13.5. The Morgan fingerprint density at radius 3 is 1.36 bits per heavy atom. The maximum Gasteiger partial charge on any atom is 0.0717 e. The van der Waals surface area contributed by atoms with Gasteiger partial charge in [-0.3, -0.25) is 9.97 Å². The van der Waals surface area contributed by atoms with Gasteiger partial charge in [-0.15, -0.1) is 0 Å². The molecule has 2 aromatic carbocycles. The maximum absolute atomic E-state index is 5.05. The second kappa shape index (κ2) is 6.78. The molecule has 0 unspecified atom stereocenters. The first-order valence-electron chi connectivity index (χ1n) is 9.75. The van der Waals surface area contributed by atoms with Crippen LogP contribution in [0.25, 0.3) is 21.8 Å². The lowest BCUT2D eigenvalue weighted by molar-refractivity contribution is 0.780. The van der Waals surface area contributed by atoms with Gasteiger partial charge in [0.1, 0.15) is 0 Å². The number of aromatic nitrogens is 2. The topological polar surface area (TPSA) is 25.8 Å². The smallest absolute Gasteiger partial charge is 0.0717 e. The minimum absolute atomic E-state index is 0.380. The quantitative estimate of drug-likeness (QED) is 0.303. The van der Waals surface area contributed by atoms with Crippen LogP contribution in [0.1, 0.15) is 50.9 Å². The average Bonchev–Trinajstić information content (AvgIpc) is 2.71. The summed E-state index contributed by atoms with van der Waals surface area (Å²) in [6.45, 7) is 8.95. The minimum atomic E-state index is 0.380. The van der Waals surface area contributed by atoms with Crippen LogP contribution >= 0.6 is 23.5 Å². The Kier molecular flexibility index (Phi) is 4.37. The molecule has 28 heavy (non-hydrogen) atoms. The van der Waals surface area contributed by atoms with Crippen molar-refractivity contribution in [2.75, 3.05) is 0 Å². The maximum atomic E-state index is 5.05. The van der Waals surface area contributed by atoms with Crippen LogP contribution in [0.2, 0.25) is 0 Å². The second-order valence-corrected chi connectivity index (χ2v) is 9.90. The van der Waals surface area contributed by atoms with Crippen molar-refractivity contribution in [3.8, 4) is 0 Å². The van der Waals surface area contributed by atoms with Crippen LogP contribution in [-0.2, 0) is 0 Å².